The molecule has 37 heavy (non-hydrogen) atoms. The number of hydrogen-bond donors (Lipinski definition) is 2. The van der Waals surface area contributed by atoms with Crippen molar-refractivity contribution in [3.05, 3.63) is 102 Å². The Morgan fingerprint density at radius 3 is 2.54 bits per heavy atom. The van der Waals surface area contributed by atoms with Crippen LogP contribution in [0.2, 0.25) is 0 Å². The summed E-state index contributed by atoms with van der Waals surface area (Å²) in [7, 11) is 0. The van der Waals surface area contributed by atoms with Crippen LogP contribution >= 0.6 is 0 Å². The molecule has 2 N–H and O–H groups in total. The van der Waals surface area contributed by atoms with Crippen LogP contribution in [0.1, 0.15) is 21.5 Å². The summed E-state index contributed by atoms with van der Waals surface area (Å²) in [6.45, 7) is 5.13. The fourth-order valence-electron chi connectivity index (χ4n) is 5.08. The normalized spacial score (nSPS) is 14.3. The Labute approximate surface area is 216 Å². The number of morpholine rings is 1. The van der Waals surface area contributed by atoms with Gasteiger partial charge >= 0.3 is 0 Å². The number of amides is 1. The Morgan fingerprint density at radius 2 is 1.73 bits per heavy atom. The molecule has 6 heteroatoms. The number of rotatable bonds is 7. The second-order valence-corrected chi connectivity index (χ2v) is 9.54. The highest BCUT2D eigenvalue weighted by Crippen LogP contribution is 2.34. The first-order valence-corrected chi connectivity index (χ1v) is 12.9. The van der Waals surface area contributed by atoms with E-state index in [1.807, 2.05) is 36.5 Å². The molecule has 2 aromatic heterocycles. The van der Waals surface area contributed by atoms with Crippen molar-refractivity contribution < 1.29 is 9.53 Å². The van der Waals surface area contributed by atoms with Gasteiger partial charge < -0.3 is 15.0 Å². The molecule has 0 aliphatic carbocycles. The van der Waals surface area contributed by atoms with E-state index in [1.54, 1.807) is 0 Å². The number of ether oxygens (including phenoxy) is 1. The van der Waals surface area contributed by atoms with Crippen LogP contribution in [0.4, 0.5) is 0 Å². The molecule has 5 aromatic rings. The second-order valence-electron chi connectivity index (χ2n) is 9.54. The third-order valence-corrected chi connectivity index (χ3v) is 7.07. The molecule has 0 spiro atoms. The van der Waals surface area contributed by atoms with Crippen LogP contribution in [0.25, 0.3) is 33.1 Å². The molecule has 0 atom stereocenters. The van der Waals surface area contributed by atoms with Gasteiger partial charge in [-0.1, -0.05) is 48.5 Å². The summed E-state index contributed by atoms with van der Waals surface area (Å²) in [6, 6.07) is 26.8. The van der Waals surface area contributed by atoms with Gasteiger partial charge in [0, 0.05) is 54.2 Å². The number of benzene rings is 3. The summed E-state index contributed by atoms with van der Waals surface area (Å²) in [5.74, 6) is -0.0441. The fourth-order valence-corrected chi connectivity index (χ4v) is 5.08. The van der Waals surface area contributed by atoms with Crippen molar-refractivity contribution in [2.75, 3.05) is 32.8 Å². The number of carbonyl (C=O) groups excluding carboxylic acids is 1. The Hall–Kier alpha value is -4.00. The number of H-pyrrole nitrogens is 1. The summed E-state index contributed by atoms with van der Waals surface area (Å²) in [5, 5.41) is 5.32. The molecule has 1 aliphatic rings. The Morgan fingerprint density at radius 1 is 0.946 bits per heavy atom. The summed E-state index contributed by atoms with van der Waals surface area (Å²) in [5.41, 5.74) is 7.48. The maximum atomic E-state index is 12.4. The number of nitrogens with zero attached hydrogens (tertiary/aromatic N) is 2. The monoisotopic (exact) mass is 490 g/mol. The summed E-state index contributed by atoms with van der Waals surface area (Å²) < 4.78 is 5.47. The minimum atomic E-state index is -0.0441. The third-order valence-electron chi connectivity index (χ3n) is 7.07. The lowest BCUT2D eigenvalue weighted by atomic mass is 9.99. The maximum absolute atomic E-state index is 12.4. The molecule has 0 unspecified atom stereocenters. The average Bonchev–Trinajstić information content (AvgIpc) is 3.33. The van der Waals surface area contributed by atoms with Crippen LogP contribution in [0, 0.1) is 0 Å². The van der Waals surface area contributed by atoms with Crippen LogP contribution in [0.5, 0.6) is 0 Å². The summed E-state index contributed by atoms with van der Waals surface area (Å²) in [6.07, 6.45) is 2.63. The SMILES string of the molecule is O=C(NCCc1ccc2[nH]c3nccc(-c4ccc(CN5CCOCC5)cc4)c3c2c1)c1ccccc1. The van der Waals surface area contributed by atoms with E-state index in [1.165, 1.54) is 22.3 Å². The smallest absolute Gasteiger partial charge is 0.251 e. The van der Waals surface area contributed by atoms with E-state index in [0.29, 0.717) is 12.1 Å². The molecule has 0 radical (unpaired) electrons. The van der Waals surface area contributed by atoms with Crippen LogP contribution < -0.4 is 5.32 Å². The first-order chi connectivity index (χ1) is 18.2. The molecular weight excluding hydrogens is 460 g/mol. The number of pyridine rings is 1. The molecule has 3 heterocycles. The molecule has 1 saturated heterocycles. The molecule has 6 nitrogen and oxygen atoms in total. The van der Waals surface area contributed by atoms with Gasteiger partial charge in [-0.15, -0.1) is 0 Å². The number of aromatic nitrogens is 2. The maximum Gasteiger partial charge on any atom is 0.251 e. The summed E-state index contributed by atoms with van der Waals surface area (Å²) >= 11 is 0. The van der Waals surface area contributed by atoms with Gasteiger partial charge in [-0.3, -0.25) is 9.69 Å². The van der Waals surface area contributed by atoms with Gasteiger partial charge in [-0.25, -0.2) is 4.98 Å². The van der Waals surface area contributed by atoms with Crippen molar-refractivity contribution in [1.82, 2.24) is 20.2 Å². The highest BCUT2D eigenvalue weighted by Gasteiger charge is 2.14. The van der Waals surface area contributed by atoms with Gasteiger partial charge in [-0.2, -0.15) is 0 Å². The van der Waals surface area contributed by atoms with E-state index < -0.39 is 0 Å². The van der Waals surface area contributed by atoms with Crippen LogP contribution in [0.3, 0.4) is 0 Å². The van der Waals surface area contributed by atoms with E-state index >= 15 is 0 Å². The van der Waals surface area contributed by atoms with Crippen molar-refractivity contribution in [3.63, 3.8) is 0 Å². The van der Waals surface area contributed by atoms with Gasteiger partial charge in [-0.05, 0) is 59.0 Å². The minimum Gasteiger partial charge on any atom is -0.379 e. The lowest BCUT2D eigenvalue weighted by Crippen LogP contribution is -2.35. The van der Waals surface area contributed by atoms with Gasteiger partial charge in [0.05, 0.1) is 13.2 Å². The van der Waals surface area contributed by atoms with E-state index in [0.717, 1.165) is 61.2 Å². The Bertz CT molecular complexity index is 1520. The van der Waals surface area contributed by atoms with E-state index in [2.05, 4.69) is 68.7 Å². The Balaban J connectivity index is 1.23. The largest absolute Gasteiger partial charge is 0.379 e. The molecule has 0 saturated carbocycles. The first-order valence-electron chi connectivity index (χ1n) is 12.9. The zero-order valence-electron chi connectivity index (χ0n) is 20.7. The predicted molar refractivity (Wildman–Crippen MR) is 148 cm³/mol. The zero-order valence-corrected chi connectivity index (χ0v) is 20.7. The lowest BCUT2D eigenvalue weighted by Gasteiger charge is -2.26. The van der Waals surface area contributed by atoms with Crippen molar-refractivity contribution in [2.24, 2.45) is 0 Å². The van der Waals surface area contributed by atoms with Gasteiger partial charge in [0.15, 0.2) is 0 Å². The molecule has 1 amide bonds. The number of aromatic amines is 1. The topological polar surface area (TPSA) is 70.2 Å². The van der Waals surface area contributed by atoms with Crippen LogP contribution in [-0.2, 0) is 17.7 Å². The van der Waals surface area contributed by atoms with Crippen LogP contribution in [0.15, 0.2) is 85.1 Å². The highest BCUT2D eigenvalue weighted by atomic mass is 16.5. The van der Waals surface area contributed by atoms with E-state index in [-0.39, 0.29) is 5.91 Å². The van der Waals surface area contributed by atoms with Crippen molar-refractivity contribution in [2.45, 2.75) is 13.0 Å². The Kier molecular flexibility index (Phi) is 6.67. The molecular formula is C31H30N4O2. The first kappa shape index (κ1) is 23.4. The number of fused-ring (bicyclic) bond motifs is 3. The van der Waals surface area contributed by atoms with Gasteiger partial charge in [0.2, 0.25) is 0 Å². The van der Waals surface area contributed by atoms with Crippen molar-refractivity contribution in [1.29, 1.82) is 0 Å². The molecule has 1 fully saturated rings. The van der Waals surface area contributed by atoms with E-state index in [4.69, 9.17) is 4.74 Å². The minimum absolute atomic E-state index is 0.0441. The fraction of sp³-hybridized carbons (Fsp3) is 0.226. The quantitative estimate of drug-likeness (QED) is 0.330. The number of hydrogen-bond acceptors (Lipinski definition) is 4. The molecule has 6 rings (SSSR count). The molecule has 186 valence electrons. The van der Waals surface area contributed by atoms with Gasteiger partial charge in [0.25, 0.3) is 5.91 Å². The number of carbonyl (C=O) groups is 1. The van der Waals surface area contributed by atoms with E-state index in [9.17, 15) is 4.79 Å². The van der Waals surface area contributed by atoms with Gasteiger partial charge in [0.1, 0.15) is 5.65 Å². The average molecular weight is 491 g/mol. The number of nitrogens with one attached hydrogen (secondary N) is 2. The predicted octanol–water partition coefficient (Wildman–Crippen LogP) is 5.19. The second kappa shape index (κ2) is 10.5. The highest BCUT2D eigenvalue weighted by molar-refractivity contribution is 6.13. The van der Waals surface area contributed by atoms with Crippen molar-refractivity contribution in [3.8, 4) is 11.1 Å². The third kappa shape index (κ3) is 5.12. The summed E-state index contributed by atoms with van der Waals surface area (Å²) in [4.78, 5) is 22.9. The zero-order chi connectivity index (χ0) is 25.0. The van der Waals surface area contributed by atoms with Crippen LogP contribution in [-0.4, -0.2) is 53.6 Å². The van der Waals surface area contributed by atoms with Crippen molar-refractivity contribution >= 4 is 27.8 Å². The molecule has 1 aliphatic heterocycles. The molecule has 3 aromatic carbocycles. The molecule has 0 bridgehead atoms. The standard InChI is InChI=1S/C31H30N4O2/c36-31(25-4-2-1-3-5-25)33-14-12-22-8-11-28-27(20-22)29-26(13-15-32-30(29)34-28)24-9-6-23(7-10-24)21-35-16-18-37-19-17-35/h1-11,13,15,20H,12,14,16-19,21H2,(H,32,34)(H,33,36). The lowest BCUT2D eigenvalue weighted by molar-refractivity contribution is 0.0342.